The lowest BCUT2D eigenvalue weighted by Crippen LogP contribution is -2.38. The lowest BCUT2D eigenvalue weighted by molar-refractivity contribution is -0.196. The molecule has 0 amide bonds. The highest BCUT2D eigenvalue weighted by atomic mass is 35.5. The molecule has 1 saturated carbocycles. The van der Waals surface area contributed by atoms with Gasteiger partial charge in [0.2, 0.25) is 0 Å². The second kappa shape index (κ2) is 6.33. The first-order chi connectivity index (χ1) is 9.39. The van der Waals surface area contributed by atoms with Crippen LogP contribution in [0.2, 0.25) is 0 Å². The maximum absolute atomic E-state index is 13.6. The van der Waals surface area contributed by atoms with Gasteiger partial charge in [0.05, 0.1) is 5.92 Å². The fourth-order valence-electron chi connectivity index (χ4n) is 3.02. The first-order valence-corrected chi connectivity index (χ1v) is 7.27. The molecule has 2 rings (SSSR count). The van der Waals surface area contributed by atoms with E-state index in [0.29, 0.717) is 18.4 Å². The van der Waals surface area contributed by atoms with Gasteiger partial charge in [-0.15, -0.1) is 11.6 Å². The molecule has 0 aromatic heterocycles. The van der Waals surface area contributed by atoms with Gasteiger partial charge in [0.25, 0.3) is 0 Å². The zero-order chi connectivity index (χ0) is 14.8. The van der Waals surface area contributed by atoms with Gasteiger partial charge in [0.15, 0.2) is 0 Å². The van der Waals surface area contributed by atoms with Crippen molar-refractivity contribution in [2.24, 2.45) is 11.8 Å². The van der Waals surface area contributed by atoms with Gasteiger partial charge in [0.1, 0.15) is 5.82 Å². The molecule has 0 nitrogen and oxygen atoms in total. The average Bonchev–Trinajstić information content (AvgIpc) is 2.40. The summed E-state index contributed by atoms with van der Waals surface area (Å²) in [7, 11) is 0. The Morgan fingerprint density at radius 3 is 2.45 bits per heavy atom. The van der Waals surface area contributed by atoms with E-state index < -0.39 is 29.2 Å². The maximum Gasteiger partial charge on any atom is 0.392 e. The largest absolute Gasteiger partial charge is 0.392 e. The van der Waals surface area contributed by atoms with E-state index in [9.17, 15) is 17.6 Å². The molecule has 0 spiro atoms. The first-order valence-electron chi connectivity index (χ1n) is 6.84. The molecule has 1 fully saturated rings. The van der Waals surface area contributed by atoms with Crippen molar-refractivity contribution in [1.82, 2.24) is 0 Å². The van der Waals surface area contributed by atoms with Crippen molar-refractivity contribution >= 4 is 11.6 Å². The molecule has 20 heavy (non-hydrogen) atoms. The average molecular weight is 309 g/mol. The van der Waals surface area contributed by atoms with E-state index in [2.05, 4.69) is 0 Å². The Balaban J connectivity index is 2.10. The topological polar surface area (TPSA) is 0 Å². The lowest BCUT2D eigenvalue weighted by atomic mass is 9.75. The summed E-state index contributed by atoms with van der Waals surface area (Å²) in [5, 5.41) is -0.682. The van der Waals surface area contributed by atoms with Crippen molar-refractivity contribution in [2.75, 3.05) is 0 Å². The molecule has 112 valence electrons. The molecule has 0 bridgehead atoms. The number of alkyl halides is 4. The molecular weight excluding hydrogens is 292 g/mol. The highest BCUT2D eigenvalue weighted by molar-refractivity contribution is 6.21. The van der Waals surface area contributed by atoms with Crippen molar-refractivity contribution in [3.63, 3.8) is 0 Å². The summed E-state index contributed by atoms with van der Waals surface area (Å²) in [6.07, 6.45) is -2.12. The Morgan fingerprint density at radius 1 is 1.15 bits per heavy atom. The molecule has 1 aliphatic carbocycles. The predicted octanol–water partition coefficient (Wildman–Crippen LogP) is 5.34. The van der Waals surface area contributed by atoms with Crippen LogP contribution in [0, 0.1) is 17.7 Å². The second-order valence-corrected chi connectivity index (χ2v) is 5.97. The zero-order valence-corrected chi connectivity index (χ0v) is 11.7. The number of benzene rings is 1. The predicted molar refractivity (Wildman–Crippen MR) is 71.2 cm³/mol. The van der Waals surface area contributed by atoms with E-state index in [-0.39, 0.29) is 12.8 Å². The minimum atomic E-state index is -4.21. The van der Waals surface area contributed by atoms with Crippen LogP contribution in [-0.2, 0) is 6.42 Å². The van der Waals surface area contributed by atoms with Crippen molar-refractivity contribution < 1.29 is 17.6 Å². The Morgan fingerprint density at radius 2 is 1.80 bits per heavy atom. The molecular formula is C15H17ClF4. The Labute approximate surface area is 121 Å². The molecule has 3 atom stereocenters. The maximum atomic E-state index is 13.6. The van der Waals surface area contributed by atoms with Crippen LogP contribution in [0.4, 0.5) is 17.6 Å². The van der Waals surface area contributed by atoms with Gasteiger partial charge in [-0.2, -0.15) is 13.2 Å². The SMILES string of the molecule is Fc1ccccc1CC(Cl)C1CCCCC1C(F)(F)F. The van der Waals surface area contributed by atoms with Crippen LogP contribution in [0.1, 0.15) is 31.2 Å². The van der Waals surface area contributed by atoms with Crippen LogP contribution < -0.4 is 0 Å². The van der Waals surface area contributed by atoms with Crippen LogP contribution in [0.15, 0.2) is 24.3 Å². The van der Waals surface area contributed by atoms with Gasteiger partial charge >= 0.3 is 6.18 Å². The van der Waals surface area contributed by atoms with Crippen LogP contribution in [0.25, 0.3) is 0 Å². The molecule has 5 heteroatoms. The van der Waals surface area contributed by atoms with Crippen molar-refractivity contribution in [3.05, 3.63) is 35.6 Å². The molecule has 0 radical (unpaired) electrons. The number of halogens is 5. The fourth-order valence-corrected chi connectivity index (χ4v) is 3.49. The van der Waals surface area contributed by atoms with Crippen LogP contribution in [0.5, 0.6) is 0 Å². The van der Waals surface area contributed by atoms with Crippen LogP contribution in [0.3, 0.4) is 0 Å². The summed E-state index contributed by atoms with van der Waals surface area (Å²) in [6.45, 7) is 0. The quantitative estimate of drug-likeness (QED) is 0.522. The van der Waals surface area contributed by atoms with E-state index in [0.717, 1.165) is 6.42 Å². The van der Waals surface area contributed by atoms with Crippen molar-refractivity contribution in [3.8, 4) is 0 Å². The summed E-state index contributed by atoms with van der Waals surface area (Å²) in [5.74, 6) is -2.38. The van der Waals surface area contributed by atoms with Gasteiger partial charge in [0, 0.05) is 5.38 Å². The van der Waals surface area contributed by atoms with E-state index in [1.807, 2.05) is 0 Å². The smallest absolute Gasteiger partial charge is 0.207 e. The molecule has 0 saturated heterocycles. The van der Waals surface area contributed by atoms with Crippen molar-refractivity contribution in [1.29, 1.82) is 0 Å². The Kier molecular flexibility index (Phi) is 4.95. The summed E-state index contributed by atoms with van der Waals surface area (Å²) in [5.41, 5.74) is 0.388. The van der Waals surface area contributed by atoms with Gasteiger partial charge in [-0.1, -0.05) is 31.0 Å². The highest BCUT2D eigenvalue weighted by Crippen LogP contribution is 2.44. The molecule has 1 aliphatic rings. The third-order valence-corrected chi connectivity index (χ3v) is 4.56. The normalized spacial score (nSPS) is 25.4. The summed E-state index contributed by atoms with van der Waals surface area (Å²) in [6, 6.07) is 6.11. The number of hydrogen-bond acceptors (Lipinski definition) is 0. The fraction of sp³-hybridized carbons (Fsp3) is 0.600. The summed E-state index contributed by atoms with van der Waals surface area (Å²) < 4.78 is 52.7. The third kappa shape index (κ3) is 3.66. The Bertz CT molecular complexity index is 444. The summed E-state index contributed by atoms with van der Waals surface area (Å²) >= 11 is 6.20. The van der Waals surface area contributed by atoms with Gasteiger partial charge in [-0.3, -0.25) is 0 Å². The lowest BCUT2D eigenvalue weighted by Gasteiger charge is -2.35. The molecule has 3 unspecified atom stereocenters. The number of rotatable bonds is 3. The minimum absolute atomic E-state index is 0.134. The monoisotopic (exact) mass is 308 g/mol. The molecule has 0 aliphatic heterocycles. The molecule has 1 aromatic carbocycles. The first kappa shape index (κ1) is 15.6. The second-order valence-electron chi connectivity index (χ2n) is 5.41. The van der Waals surface area contributed by atoms with Gasteiger partial charge in [-0.25, -0.2) is 4.39 Å². The van der Waals surface area contributed by atoms with E-state index in [4.69, 9.17) is 11.6 Å². The van der Waals surface area contributed by atoms with Crippen LogP contribution in [-0.4, -0.2) is 11.6 Å². The van der Waals surface area contributed by atoms with Gasteiger partial charge in [-0.05, 0) is 36.8 Å². The molecule has 0 heterocycles. The van der Waals surface area contributed by atoms with Crippen molar-refractivity contribution in [2.45, 2.75) is 43.7 Å². The highest BCUT2D eigenvalue weighted by Gasteiger charge is 2.47. The zero-order valence-electron chi connectivity index (χ0n) is 11.0. The standard InChI is InChI=1S/C15H17ClF4/c16-13(9-10-5-1-4-8-14(10)17)11-6-2-3-7-12(11)15(18,19)20/h1,4-5,8,11-13H,2-3,6-7,9H2. The minimum Gasteiger partial charge on any atom is -0.207 e. The van der Waals surface area contributed by atoms with Crippen LogP contribution >= 0.6 is 11.6 Å². The Hall–Kier alpha value is -0.770. The van der Waals surface area contributed by atoms with E-state index in [1.165, 1.54) is 6.07 Å². The van der Waals surface area contributed by atoms with E-state index >= 15 is 0 Å². The van der Waals surface area contributed by atoms with E-state index in [1.54, 1.807) is 18.2 Å². The molecule has 0 N–H and O–H groups in total. The number of hydrogen-bond donors (Lipinski definition) is 0. The summed E-state index contributed by atoms with van der Waals surface area (Å²) in [4.78, 5) is 0. The third-order valence-electron chi connectivity index (χ3n) is 4.08. The van der Waals surface area contributed by atoms with Gasteiger partial charge < -0.3 is 0 Å². The molecule has 1 aromatic rings.